The fourth-order valence-corrected chi connectivity index (χ4v) is 3.79. The molecule has 0 spiro atoms. The van der Waals surface area contributed by atoms with E-state index in [4.69, 9.17) is 11.6 Å². The van der Waals surface area contributed by atoms with Crippen LogP contribution in [0.4, 0.5) is 0 Å². The fourth-order valence-electron chi connectivity index (χ4n) is 2.37. The number of thioether (sulfide) groups is 1. The van der Waals surface area contributed by atoms with Crippen molar-refractivity contribution in [1.29, 1.82) is 0 Å². The van der Waals surface area contributed by atoms with E-state index >= 15 is 0 Å². The van der Waals surface area contributed by atoms with Crippen LogP contribution >= 0.6 is 23.4 Å². The van der Waals surface area contributed by atoms with E-state index in [0.717, 1.165) is 25.1 Å². The van der Waals surface area contributed by atoms with Gasteiger partial charge in [0, 0.05) is 29.6 Å². The van der Waals surface area contributed by atoms with Gasteiger partial charge in [-0.05, 0) is 18.1 Å². The first kappa shape index (κ1) is 14.7. The topological polar surface area (TPSA) is 20.3 Å². The quantitative estimate of drug-likeness (QED) is 0.746. The van der Waals surface area contributed by atoms with E-state index in [1.54, 1.807) is 11.8 Å². The monoisotopic (exact) mass is 297 g/mol. The summed E-state index contributed by atoms with van der Waals surface area (Å²) in [5, 5.41) is 0. The molecule has 2 nitrogen and oxygen atoms in total. The Hall–Kier alpha value is -0.670. The maximum atomic E-state index is 12.7. The van der Waals surface area contributed by atoms with Crippen LogP contribution < -0.4 is 0 Å². The summed E-state index contributed by atoms with van der Waals surface area (Å²) in [6.45, 7) is 3.62. The highest BCUT2D eigenvalue weighted by molar-refractivity contribution is 7.99. The minimum Gasteiger partial charge on any atom is -0.341 e. The van der Waals surface area contributed by atoms with Crippen LogP contribution in [-0.2, 0) is 4.79 Å². The van der Waals surface area contributed by atoms with Gasteiger partial charge >= 0.3 is 0 Å². The number of carbonyl (C=O) groups is 1. The van der Waals surface area contributed by atoms with Gasteiger partial charge in [0.25, 0.3) is 0 Å². The molecule has 4 heteroatoms. The van der Waals surface area contributed by atoms with Crippen molar-refractivity contribution >= 4 is 29.3 Å². The summed E-state index contributed by atoms with van der Waals surface area (Å²) in [5.41, 5.74) is 1.19. The van der Waals surface area contributed by atoms with Crippen molar-refractivity contribution in [2.45, 2.75) is 30.6 Å². The number of hydrogen-bond donors (Lipinski definition) is 0. The van der Waals surface area contributed by atoms with E-state index in [9.17, 15) is 4.79 Å². The van der Waals surface area contributed by atoms with Gasteiger partial charge in [-0.1, -0.05) is 31.5 Å². The second-order valence-electron chi connectivity index (χ2n) is 4.77. The van der Waals surface area contributed by atoms with Crippen LogP contribution in [0.2, 0.25) is 0 Å². The predicted octanol–water partition coefficient (Wildman–Crippen LogP) is 3.74. The van der Waals surface area contributed by atoms with E-state index in [0.29, 0.717) is 12.4 Å². The molecular weight excluding hydrogens is 278 g/mol. The summed E-state index contributed by atoms with van der Waals surface area (Å²) < 4.78 is 0. The Morgan fingerprint density at radius 3 is 2.95 bits per heavy atom. The van der Waals surface area contributed by atoms with E-state index in [-0.39, 0.29) is 11.8 Å². The van der Waals surface area contributed by atoms with E-state index < -0.39 is 0 Å². The number of carbonyl (C=O) groups excluding carboxylic acids is 1. The summed E-state index contributed by atoms with van der Waals surface area (Å²) in [5.74, 6) is 1.63. The number of alkyl halides is 1. The van der Waals surface area contributed by atoms with Crippen LogP contribution in [0.25, 0.3) is 0 Å². The van der Waals surface area contributed by atoms with Crippen molar-refractivity contribution < 1.29 is 4.79 Å². The molecule has 2 rings (SSSR count). The third-order valence-corrected chi connectivity index (χ3v) is 4.80. The number of halogens is 1. The highest BCUT2D eigenvalue weighted by Gasteiger charge is 2.31. The van der Waals surface area contributed by atoms with Crippen LogP contribution in [-0.4, -0.2) is 35.5 Å². The van der Waals surface area contributed by atoms with Crippen LogP contribution in [0.3, 0.4) is 0 Å². The van der Waals surface area contributed by atoms with Gasteiger partial charge in [-0.3, -0.25) is 4.79 Å². The Kier molecular flexibility index (Phi) is 5.59. The number of hydrogen-bond acceptors (Lipinski definition) is 2. The number of amides is 1. The minimum atomic E-state index is 0.0151. The summed E-state index contributed by atoms with van der Waals surface area (Å²) >= 11 is 7.61. The first-order valence-corrected chi connectivity index (χ1v) is 8.36. The lowest BCUT2D eigenvalue weighted by Gasteiger charge is -2.25. The van der Waals surface area contributed by atoms with Gasteiger partial charge in [0.15, 0.2) is 0 Å². The van der Waals surface area contributed by atoms with Gasteiger partial charge in [-0.2, -0.15) is 0 Å². The molecular formula is C15H20ClNOS. The molecule has 1 aromatic carbocycles. The normalized spacial score (nSPS) is 17.3. The average Bonchev–Trinajstić information content (AvgIpc) is 2.86. The predicted molar refractivity (Wildman–Crippen MR) is 82.1 cm³/mol. The van der Waals surface area contributed by atoms with E-state index in [2.05, 4.69) is 19.1 Å². The smallest absolute Gasteiger partial charge is 0.231 e. The molecule has 1 amide bonds. The molecule has 1 aromatic rings. The molecule has 0 saturated carbocycles. The van der Waals surface area contributed by atoms with Gasteiger partial charge < -0.3 is 4.90 Å². The molecule has 0 radical (unpaired) electrons. The lowest BCUT2D eigenvalue weighted by Crippen LogP contribution is -2.37. The Labute approximate surface area is 124 Å². The third-order valence-electron chi connectivity index (χ3n) is 3.45. The molecule has 104 valence electrons. The molecule has 0 aliphatic carbocycles. The number of nitrogens with zero attached hydrogens (tertiary/aromatic N) is 1. The highest BCUT2D eigenvalue weighted by atomic mass is 35.5. The Morgan fingerprint density at radius 2 is 2.21 bits per heavy atom. The standard InChI is InChI=1S/C15H20ClNOS/c1-2-3-9-17(10-8-16)15(18)13-11-19-14-7-5-4-6-12(13)14/h4-7,13H,2-3,8-11H2,1H3. The summed E-state index contributed by atoms with van der Waals surface area (Å²) in [4.78, 5) is 15.8. The van der Waals surface area contributed by atoms with Gasteiger partial charge in [0.1, 0.15) is 0 Å². The molecule has 0 N–H and O–H groups in total. The summed E-state index contributed by atoms with van der Waals surface area (Å²) in [7, 11) is 0. The van der Waals surface area contributed by atoms with Crippen LogP contribution in [0, 0.1) is 0 Å². The van der Waals surface area contributed by atoms with Gasteiger partial charge in [-0.25, -0.2) is 0 Å². The van der Waals surface area contributed by atoms with Gasteiger partial charge in [0.05, 0.1) is 5.92 Å². The molecule has 0 saturated heterocycles. The zero-order valence-corrected chi connectivity index (χ0v) is 12.8. The van der Waals surface area contributed by atoms with Crippen molar-refractivity contribution in [3.63, 3.8) is 0 Å². The SMILES string of the molecule is CCCCN(CCCl)C(=O)C1CSc2ccccc21. The lowest BCUT2D eigenvalue weighted by molar-refractivity contribution is -0.132. The molecule has 1 aliphatic heterocycles. The van der Waals surface area contributed by atoms with Gasteiger partial charge in [0.2, 0.25) is 5.91 Å². The maximum Gasteiger partial charge on any atom is 0.231 e. The zero-order chi connectivity index (χ0) is 13.7. The molecule has 0 fully saturated rings. The Morgan fingerprint density at radius 1 is 1.42 bits per heavy atom. The maximum absolute atomic E-state index is 12.7. The third kappa shape index (κ3) is 3.46. The molecule has 1 atom stereocenters. The number of benzene rings is 1. The first-order chi connectivity index (χ1) is 9.27. The molecule has 1 heterocycles. The zero-order valence-electron chi connectivity index (χ0n) is 11.3. The minimum absolute atomic E-state index is 0.0151. The van der Waals surface area contributed by atoms with Crippen LogP contribution in [0.15, 0.2) is 29.2 Å². The Bertz CT molecular complexity index is 438. The van der Waals surface area contributed by atoms with Crippen molar-refractivity contribution in [3.8, 4) is 0 Å². The second-order valence-corrected chi connectivity index (χ2v) is 6.21. The lowest BCUT2D eigenvalue weighted by atomic mass is 9.99. The Balaban J connectivity index is 2.10. The molecule has 1 aliphatic rings. The summed E-state index contributed by atoms with van der Waals surface area (Å²) in [6, 6.07) is 8.23. The number of fused-ring (bicyclic) bond motifs is 1. The molecule has 0 aromatic heterocycles. The van der Waals surface area contributed by atoms with E-state index in [1.165, 1.54) is 10.5 Å². The highest BCUT2D eigenvalue weighted by Crippen LogP contribution is 2.40. The molecule has 0 bridgehead atoms. The van der Waals surface area contributed by atoms with Crippen LogP contribution in [0.1, 0.15) is 31.2 Å². The number of rotatable bonds is 6. The van der Waals surface area contributed by atoms with Crippen molar-refractivity contribution in [3.05, 3.63) is 29.8 Å². The molecule has 19 heavy (non-hydrogen) atoms. The molecule has 1 unspecified atom stereocenters. The largest absolute Gasteiger partial charge is 0.341 e. The van der Waals surface area contributed by atoms with Crippen LogP contribution in [0.5, 0.6) is 0 Å². The van der Waals surface area contributed by atoms with Crippen molar-refractivity contribution in [2.24, 2.45) is 0 Å². The summed E-state index contributed by atoms with van der Waals surface area (Å²) in [6.07, 6.45) is 2.15. The van der Waals surface area contributed by atoms with Crippen molar-refractivity contribution in [2.75, 3.05) is 24.7 Å². The average molecular weight is 298 g/mol. The second kappa shape index (κ2) is 7.20. The van der Waals surface area contributed by atoms with Crippen molar-refractivity contribution in [1.82, 2.24) is 4.90 Å². The number of unbranched alkanes of at least 4 members (excludes halogenated alkanes) is 1. The van der Waals surface area contributed by atoms with E-state index in [1.807, 2.05) is 17.0 Å². The first-order valence-electron chi connectivity index (χ1n) is 6.84. The van der Waals surface area contributed by atoms with Gasteiger partial charge in [-0.15, -0.1) is 23.4 Å². The fraction of sp³-hybridized carbons (Fsp3) is 0.533.